The summed E-state index contributed by atoms with van der Waals surface area (Å²) < 4.78 is 45.0. The van der Waals surface area contributed by atoms with E-state index in [1.54, 1.807) is 24.3 Å². The van der Waals surface area contributed by atoms with Gasteiger partial charge in [0.2, 0.25) is 5.89 Å². The molecular formula is C13H13F3N2O3. The lowest BCUT2D eigenvalue weighted by atomic mass is 10.1. The molecule has 0 bridgehead atoms. The molecule has 0 aliphatic carbocycles. The van der Waals surface area contributed by atoms with Crippen molar-refractivity contribution in [2.45, 2.75) is 25.3 Å². The standard InChI is InChI=1S/C13H13F3N2O3/c14-13(15,16)8-20-7-11-17-12(21-18-11)6-10(19)9-4-2-1-3-5-9/h1-5,10,19H,6-8H2. The highest BCUT2D eigenvalue weighted by Crippen LogP contribution is 2.18. The Kier molecular flexibility index (Phi) is 4.92. The van der Waals surface area contributed by atoms with E-state index < -0.39 is 25.5 Å². The lowest BCUT2D eigenvalue weighted by Crippen LogP contribution is -2.17. The largest absolute Gasteiger partial charge is 0.411 e. The van der Waals surface area contributed by atoms with Crippen LogP contribution in [0.4, 0.5) is 13.2 Å². The molecule has 0 fully saturated rings. The molecule has 0 radical (unpaired) electrons. The Morgan fingerprint density at radius 3 is 2.62 bits per heavy atom. The second-order valence-electron chi connectivity index (χ2n) is 4.34. The summed E-state index contributed by atoms with van der Waals surface area (Å²) in [6.45, 7) is -1.77. The van der Waals surface area contributed by atoms with Gasteiger partial charge in [-0.25, -0.2) is 0 Å². The van der Waals surface area contributed by atoms with Gasteiger partial charge in [0.15, 0.2) is 5.82 Å². The van der Waals surface area contributed by atoms with E-state index in [0.29, 0.717) is 5.56 Å². The second-order valence-corrected chi connectivity index (χ2v) is 4.34. The van der Waals surface area contributed by atoms with Crippen LogP contribution in [0, 0.1) is 0 Å². The first-order valence-electron chi connectivity index (χ1n) is 6.13. The van der Waals surface area contributed by atoms with E-state index in [2.05, 4.69) is 14.9 Å². The SMILES string of the molecule is OC(Cc1nc(COCC(F)(F)F)no1)c1ccccc1. The van der Waals surface area contributed by atoms with E-state index in [-0.39, 0.29) is 18.1 Å². The van der Waals surface area contributed by atoms with Crippen molar-refractivity contribution in [2.75, 3.05) is 6.61 Å². The topological polar surface area (TPSA) is 68.4 Å². The van der Waals surface area contributed by atoms with Gasteiger partial charge in [0.1, 0.15) is 13.2 Å². The summed E-state index contributed by atoms with van der Waals surface area (Å²) in [5, 5.41) is 13.5. The highest BCUT2D eigenvalue weighted by Gasteiger charge is 2.27. The molecule has 1 N–H and O–H groups in total. The van der Waals surface area contributed by atoms with Crippen LogP contribution in [0.25, 0.3) is 0 Å². The van der Waals surface area contributed by atoms with Crippen LogP contribution in [-0.2, 0) is 17.8 Å². The van der Waals surface area contributed by atoms with Crippen LogP contribution < -0.4 is 0 Å². The number of alkyl halides is 3. The van der Waals surface area contributed by atoms with E-state index in [1.165, 1.54) is 0 Å². The van der Waals surface area contributed by atoms with Crippen LogP contribution in [-0.4, -0.2) is 28.0 Å². The van der Waals surface area contributed by atoms with Crippen LogP contribution in [0.5, 0.6) is 0 Å². The molecule has 0 aliphatic heterocycles. The van der Waals surface area contributed by atoms with Crippen molar-refractivity contribution in [3.63, 3.8) is 0 Å². The number of aliphatic hydroxyl groups excluding tert-OH is 1. The van der Waals surface area contributed by atoms with Gasteiger partial charge in [-0.2, -0.15) is 18.2 Å². The summed E-state index contributed by atoms with van der Waals surface area (Å²) >= 11 is 0. The van der Waals surface area contributed by atoms with Gasteiger partial charge in [0.25, 0.3) is 0 Å². The molecule has 0 saturated heterocycles. The number of aromatic nitrogens is 2. The van der Waals surface area contributed by atoms with Gasteiger partial charge in [-0.05, 0) is 5.56 Å². The van der Waals surface area contributed by atoms with Crippen molar-refractivity contribution in [3.8, 4) is 0 Å². The number of rotatable bonds is 6. The molecule has 5 nitrogen and oxygen atoms in total. The molecular weight excluding hydrogens is 289 g/mol. The molecule has 1 unspecified atom stereocenters. The maximum Gasteiger partial charge on any atom is 0.411 e. The maximum absolute atomic E-state index is 11.9. The lowest BCUT2D eigenvalue weighted by molar-refractivity contribution is -0.177. The number of ether oxygens (including phenoxy) is 1. The van der Waals surface area contributed by atoms with Gasteiger partial charge in [-0.1, -0.05) is 35.5 Å². The van der Waals surface area contributed by atoms with Gasteiger partial charge in [-0.15, -0.1) is 0 Å². The highest BCUT2D eigenvalue weighted by atomic mass is 19.4. The third kappa shape index (κ3) is 5.16. The Labute approximate surface area is 118 Å². The third-order valence-corrected chi connectivity index (χ3v) is 2.56. The van der Waals surface area contributed by atoms with Crippen molar-refractivity contribution in [2.24, 2.45) is 0 Å². The molecule has 21 heavy (non-hydrogen) atoms. The Morgan fingerprint density at radius 2 is 1.95 bits per heavy atom. The molecule has 2 rings (SSSR count). The number of benzene rings is 1. The molecule has 0 saturated carbocycles. The minimum atomic E-state index is -4.39. The van der Waals surface area contributed by atoms with Gasteiger partial charge >= 0.3 is 6.18 Å². The quantitative estimate of drug-likeness (QED) is 0.887. The minimum Gasteiger partial charge on any atom is -0.388 e. The predicted octanol–water partition coefficient (Wildman–Crippen LogP) is 2.42. The first-order chi connectivity index (χ1) is 9.94. The second kappa shape index (κ2) is 6.68. The smallest absolute Gasteiger partial charge is 0.388 e. The van der Waals surface area contributed by atoms with E-state index >= 15 is 0 Å². The van der Waals surface area contributed by atoms with Crippen molar-refractivity contribution in [3.05, 3.63) is 47.6 Å². The summed E-state index contributed by atoms with van der Waals surface area (Å²) in [5.74, 6) is 0.145. The minimum absolute atomic E-state index is 0.00881. The van der Waals surface area contributed by atoms with E-state index in [0.717, 1.165) is 0 Å². The zero-order chi connectivity index (χ0) is 15.3. The molecule has 1 aromatic carbocycles. The molecule has 1 heterocycles. The van der Waals surface area contributed by atoms with Crippen LogP contribution >= 0.6 is 0 Å². The Bertz CT molecular complexity index is 557. The maximum atomic E-state index is 11.9. The molecule has 0 aliphatic rings. The fraction of sp³-hybridized carbons (Fsp3) is 0.385. The number of hydrogen-bond acceptors (Lipinski definition) is 5. The van der Waals surface area contributed by atoms with Crippen molar-refractivity contribution in [1.82, 2.24) is 10.1 Å². The van der Waals surface area contributed by atoms with Gasteiger partial charge in [-0.3, -0.25) is 0 Å². The predicted molar refractivity (Wildman–Crippen MR) is 65.1 cm³/mol. The van der Waals surface area contributed by atoms with E-state index in [9.17, 15) is 18.3 Å². The molecule has 2 aromatic rings. The first kappa shape index (κ1) is 15.5. The summed E-state index contributed by atoms with van der Waals surface area (Å²) in [5.41, 5.74) is 0.686. The summed E-state index contributed by atoms with van der Waals surface area (Å²) in [4.78, 5) is 3.87. The van der Waals surface area contributed by atoms with E-state index in [1.807, 2.05) is 6.07 Å². The summed E-state index contributed by atoms with van der Waals surface area (Å²) in [6, 6.07) is 8.87. The Balaban J connectivity index is 1.86. The zero-order valence-electron chi connectivity index (χ0n) is 10.9. The van der Waals surface area contributed by atoms with Gasteiger partial charge < -0.3 is 14.4 Å². The van der Waals surface area contributed by atoms with Crippen LogP contribution in [0.2, 0.25) is 0 Å². The average molecular weight is 302 g/mol. The molecule has 1 aromatic heterocycles. The molecule has 1 atom stereocenters. The van der Waals surface area contributed by atoms with Crippen LogP contribution in [0.1, 0.15) is 23.4 Å². The van der Waals surface area contributed by atoms with E-state index in [4.69, 9.17) is 4.52 Å². The number of aliphatic hydroxyl groups is 1. The van der Waals surface area contributed by atoms with Crippen LogP contribution in [0.15, 0.2) is 34.9 Å². The molecule has 114 valence electrons. The third-order valence-electron chi connectivity index (χ3n) is 2.56. The monoisotopic (exact) mass is 302 g/mol. The molecule has 8 heteroatoms. The summed E-state index contributed by atoms with van der Waals surface area (Å²) in [6.07, 6.45) is -5.14. The van der Waals surface area contributed by atoms with Gasteiger partial charge in [0.05, 0.1) is 12.5 Å². The Morgan fingerprint density at radius 1 is 1.24 bits per heavy atom. The average Bonchev–Trinajstić information content (AvgIpc) is 2.86. The number of hydrogen-bond donors (Lipinski definition) is 1. The van der Waals surface area contributed by atoms with Gasteiger partial charge in [0, 0.05) is 0 Å². The zero-order valence-corrected chi connectivity index (χ0v) is 10.9. The number of halogens is 3. The fourth-order valence-corrected chi connectivity index (χ4v) is 1.65. The normalized spacial score (nSPS) is 13.3. The van der Waals surface area contributed by atoms with Crippen molar-refractivity contribution in [1.29, 1.82) is 0 Å². The highest BCUT2D eigenvalue weighted by molar-refractivity contribution is 5.18. The fourth-order valence-electron chi connectivity index (χ4n) is 1.65. The van der Waals surface area contributed by atoms with Crippen molar-refractivity contribution >= 4 is 0 Å². The molecule has 0 spiro atoms. The Hall–Kier alpha value is -1.93. The first-order valence-corrected chi connectivity index (χ1v) is 6.13. The summed E-state index contributed by atoms with van der Waals surface area (Å²) in [7, 11) is 0. The van der Waals surface area contributed by atoms with Crippen LogP contribution in [0.3, 0.4) is 0 Å². The molecule has 0 amide bonds. The number of nitrogens with zero attached hydrogens (tertiary/aromatic N) is 2. The van der Waals surface area contributed by atoms with Crippen molar-refractivity contribution < 1.29 is 27.5 Å². The lowest BCUT2D eigenvalue weighted by Gasteiger charge is -2.07.